The molecule has 0 radical (unpaired) electrons. The Kier molecular flexibility index (Phi) is 7.15. The molecule has 0 bridgehead atoms. The average Bonchev–Trinajstić information content (AvgIpc) is 3.28. The van der Waals surface area contributed by atoms with Crippen molar-refractivity contribution >= 4 is 28.5 Å². The number of rotatable bonds is 9. The van der Waals surface area contributed by atoms with Gasteiger partial charge in [-0.2, -0.15) is 0 Å². The highest BCUT2D eigenvalue weighted by molar-refractivity contribution is 6.06. The molecular formula is C26H26N4O5. The van der Waals surface area contributed by atoms with Gasteiger partial charge in [0.05, 0.1) is 44.3 Å². The van der Waals surface area contributed by atoms with Crippen LogP contribution >= 0.6 is 0 Å². The molecule has 2 N–H and O–H groups in total. The van der Waals surface area contributed by atoms with Crippen LogP contribution in [0.3, 0.4) is 0 Å². The molecule has 180 valence electrons. The van der Waals surface area contributed by atoms with Gasteiger partial charge in [0.2, 0.25) is 5.91 Å². The zero-order valence-corrected chi connectivity index (χ0v) is 19.7. The molecule has 0 fully saturated rings. The van der Waals surface area contributed by atoms with E-state index < -0.39 is 0 Å². The number of ether oxygens (including phenoxy) is 3. The molecule has 0 atom stereocenters. The number of anilines is 1. The lowest BCUT2D eigenvalue weighted by molar-refractivity contribution is -0.121. The van der Waals surface area contributed by atoms with Gasteiger partial charge in [-0.1, -0.05) is 18.2 Å². The summed E-state index contributed by atoms with van der Waals surface area (Å²) >= 11 is 0. The Morgan fingerprint density at radius 1 is 0.886 bits per heavy atom. The second-order valence-corrected chi connectivity index (χ2v) is 7.70. The van der Waals surface area contributed by atoms with E-state index in [4.69, 9.17) is 14.2 Å². The first-order valence-corrected chi connectivity index (χ1v) is 10.9. The number of aromatic nitrogens is 2. The van der Waals surface area contributed by atoms with Crippen LogP contribution in [0.4, 0.5) is 5.69 Å². The van der Waals surface area contributed by atoms with Gasteiger partial charge in [0, 0.05) is 12.2 Å². The zero-order valence-electron chi connectivity index (χ0n) is 19.7. The van der Waals surface area contributed by atoms with E-state index in [0.29, 0.717) is 40.6 Å². The lowest BCUT2D eigenvalue weighted by atomic mass is 10.2. The highest BCUT2D eigenvalue weighted by atomic mass is 16.5. The molecule has 1 aromatic heterocycles. The highest BCUT2D eigenvalue weighted by Gasteiger charge is 2.13. The van der Waals surface area contributed by atoms with Crippen molar-refractivity contribution in [3.8, 4) is 17.2 Å². The summed E-state index contributed by atoms with van der Waals surface area (Å²) in [6, 6.07) is 17.9. The zero-order chi connectivity index (χ0) is 24.8. The third-order valence-corrected chi connectivity index (χ3v) is 5.48. The third kappa shape index (κ3) is 5.35. The number of amides is 2. The van der Waals surface area contributed by atoms with Crippen LogP contribution in [-0.4, -0.2) is 42.7 Å². The quantitative estimate of drug-likeness (QED) is 0.384. The third-order valence-electron chi connectivity index (χ3n) is 5.48. The molecule has 0 spiro atoms. The van der Waals surface area contributed by atoms with E-state index in [-0.39, 0.29) is 18.4 Å². The summed E-state index contributed by atoms with van der Waals surface area (Å²) in [7, 11) is 4.67. The molecule has 1 heterocycles. The summed E-state index contributed by atoms with van der Waals surface area (Å²) in [5.41, 5.74) is 3.36. The lowest BCUT2D eigenvalue weighted by Gasteiger charge is -2.11. The Bertz CT molecular complexity index is 1370. The maximum Gasteiger partial charge on any atom is 0.259 e. The van der Waals surface area contributed by atoms with Crippen molar-refractivity contribution in [2.45, 2.75) is 13.1 Å². The number of carbonyl (C=O) groups is 2. The van der Waals surface area contributed by atoms with Gasteiger partial charge in [-0.15, -0.1) is 0 Å². The fourth-order valence-electron chi connectivity index (χ4n) is 3.70. The Hall–Kier alpha value is -4.53. The maximum atomic E-state index is 12.7. The number of nitrogens with zero attached hydrogens (tertiary/aromatic N) is 2. The summed E-state index contributed by atoms with van der Waals surface area (Å²) in [5.74, 6) is 1.29. The monoisotopic (exact) mass is 474 g/mol. The Morgan fingerprint density at radius 2 is 1.66 bits per heavy atom. The fourth-order valence-corrected chi connectivity index (χ4v) is 3.70. The second-order valence-electron chi connectivity index (χ2n) is 7.70. The molecule has 0 aliphatic rings. The van der Waals surface area contributed by atoms with Gasteiger partial charge in [0.25, 0.3) is 5.91 Å². The minimum atomic E-state index is -0.282. The lowest BCUT2D eigenvalue weighted by Crippen LogP contribution is -2.26. The molecule has 2 amide bonds. The predicted octanol–water partition coefficient (Wildman–Crippen LogP) is 3.63. The smallest absolute Gasteiger partial charge is 0.259 e. The van der Waals surface area contributed by atoms with E-state index in [1.54, 1.807) is 67.6 Å². The van der Waals surface area contributed by atoms with Gasteiger partial charge < -0.3 is 29.4 Å². The molecule has 9 heteroatoms. The fraction of sp³-hybridized carbons (Fsp3) is 0.192. The van der Waals surface area contributed by atoms with Gasteiger partial charge in [0.15, 0.2) is 11.5 Å². The van der Waals surface area contributed by atoms with Crippen LogP contribution < -0.4 is 24.8 Å². The SMILES string of the molecule is COc1ccc(CNC(=O)Cn2cnc3cc(NC(=O)c4ccccc4OC)ccc32)cc1OC. The molecule has 9 nitrogen and oxygen atoms in total. The standard InChI is InChI=1S/C26H26N4O5/c1-33-22-7-5-4-6-19(22)26(32)29-18-9-10-21-20(13-18)28-16-30(21)15-25(31)27-14-17-8-11-23(34-2)24(12-17)35-3/h4-13,16H,14-15H2,1-3H3,(H,27,31)(H,29,32). The number of para-hydroxylation sites is 1. The van der Waals surface area contributed by atoms with Crippen molar-refractivity contribution < 1.29 is 23.8 Å². The molecule has 0 aliphatic heterocycles. The summed E-state index contributed by atoms with van der Waals surface area (Å²) in [4.78, 5) is 29.6. The predicted molar refractivity (Wildman–Crippen MR) is 132 cm³/mol. The van der Waals surface area contributed by atoms with E-state index >= 15 is 0 Å². The Labute approximate surface area is 202 Å². The van der Waals surface area contributed by atoms with Crippen LogP contribution in [0.5, 0.6) is 17.2 Å². The molecule has 0 saturated carbocycles. The highest BCUT2D eigenvalue weighted by Crippen LogP contribution is 2.27. The Balaban J connectivity index is 1.40. The Morgan fingerprint density at radius 3 is 2.43 bits per heavy atom. The van der Waals surface area contributed by atoms with Crippen LogP contribution in [0.2, 0.25) is 0 Å². The number of fused-ring (bicyclic) bond motifs is 1. The van der Waals surface area contributed by atoms with Crippen LogP contribution in [0.25, 0.3) is 11.0 Å². The molecule has 4 rings (SSSR count). The van der Waals surface area contributed by atoms with Crippen LogP contribution in [0.1, 0.15) is 15.9 Å². The van der Waals surface area contributed by atoms with Crippen LogP contribution in [-0.2, 0) is 17.9 Å². The number of carbonyl (C=O) groups excluding carboxylic acids is 2. The van der Waals surface area contributed by atoms with Gasteiger partial charge in [-0.25, -0.2) is 4.98 Å². The van der Waals surface area contributed by atoms with Crippen molar-refractivity contribution in [3.05, 3.63) is 78.1 Å². The van der Waals surface area contributed by atoms with Gasteiger partial charge in [-0.3, -0.25) is 9.59 Å². The van der Waals surface area contributed by atoms with Gasteiger partial charge >= 0.3 is 0 Å². The van der Waals surface area contributed by atoms with E-state index in [1.807, 2.05) is 18.2 Å². The summed E-state index contributed by atoms with van der Waals surface area (Å²) in [6.07, 6.45) is 1.60. The van der Waals surface area contributed by atoms with E-state index in [9.17, 15) is 9.59 Å². The first-order valence-electron chi connectivity index (χ1n) is 10.9. The molecule has 35 heavy (non-hydrogen) atoms. The minimum absolute atomic E-state index is 0.108. The number of hydrogen-bond acceptors (Lipinski definition) is 6. The minimum Gasteiger partial charge on any atom is -0.496 e. The van der Waals surface area contributed by atoms with Crippen molar-refractivity contribution in [2.75, 3.05) is 26.6 Å². The molecule has 0 saturated heterocycles. The second kappa shape index (κ2) is 10.6. The summed E-state index contributed by atoms with van der Waals surface area (Å²) in [6.45, 7) is 0.460. The van der Waals surface area contributed by atoms with Crippen LogP contribution in [0.15, 0.2) is 67.0 Å². The van der Waals surface area contributed by atoms with Crippen molar-refractivity contribution in [2.24, 2.45) is 0 Å². The van der Waals surface area contributed by atoms with E-state index in [0.717, 1.165) is 11.1 Å². The first kappa shape index (κ1) is 23.6. The van der Waals surface area contributed by atoms with Gasteiger partial charge in [-0.05, 0) is 48.0 Å². The topological polar surface area (TPSA) is 104 Å². The largest absolute Gasteiger partial charge is 0.496 e. The van der Waals surface area contributed by atoms with Crippen molar-refractivity contribution in [1.82, 2.24) is 14.9 Å². The molecule has 3 aromatic carbocycles. The van der Waals surface area contributed by atoms with Crippen molar-refractivity contribution in [3.63, 3.8) is 0 Å². The van der Waals surface area contributed by atoms with Gasteiger partial charge in [0.1, 0.15) is 12.3 Å². The normalized spacial score (nSPS) is 10.6. The molecular weight excluding hydrogens is 448 g/mol. The number of nitrogens with one attached hydrogen (secondary N) is 2. The van der Waals surface area contributed by atoms with Crippen LogP contribution in [0, 0.1) is 0 Å². The van der Waals surface area contributed by atoms with E-state index in [2.05, 4.69) is 15.6 Å². The summed E-state index contributed by atoms with van der Waals surface area (Å²) < 4.78 is 17.6. The number of methoxy groups -OCH3 is 3. The molecule has 0 aliphatic carbocycles. The number of benzene rings is 3. The number of hydrogen-bond donors (Lipinski definition) is 2. The maximum absolute atomic E-state index is 12.7. The number of imidazole rings is 1. The van der Waals surface area contributed by atoms with Crippen molar-refractivity contribution in [1.29, 1.82) is 0 Å². The molecule has 4 aromatic rings. The first-order chi connectivity index (χ1) is 17.0. The summed E-state index contributed by atoms with van der Waals surface area (Å²) in [5, 5.41) is 5.77. The average molecular weight is 475 g/mol. The molecule has 0 unspecified atom stereocenters. The van der Waals surface area contributed by atoms with E-state index in [1.165, 1.54) is 7.11 Å².